The summed E-state index contributed by atoms with van der Waals surface area (Å²) in [5.74, 6) is 1.68. The van der Waals surface area contributed by atoms with Crippen LogP contribution in [0.4, 0.5) is 16.4 Å². The normalized spacial score (nSPS) is 19.0. The predicted octanol–water partition coefficient (Wildman–Crippen LogP) is 3.86. The highest BCUT2D eigenvalue weighted by Crippen LogP contribution is 2.36. The first-order valence-corrected chi connectivity index (χ1v) is 10.8. The lowest BCUT2D eigenvalue weighted by Crippen LogP contribution is -2.33. The van der Waals surface area contributed by atoms with E-state index in [1.54, 1.807) is 10.7 Å². The van der Waals surface area contributed by atoms with Gasteiger partial charge in [-0.25, -0.2) is 14.3 Å². The zero-order chi connectivity index (χ0) is 20.4. The molecule has 0 aliphatic heterocycles. The molecule has 29 heavy (non-hydrogen) atoms. The van der Waals surface area contributed by atoms with Gasteiger partial charge in [0.1, 0.15) is 11.6 Å². The molecule has 1 saturated carbocycles. The average molecular weight is 462 g/mol. The van der Waals surface area contributed by atoms with Gasteiger partial charge in [-0.2, -0.15) is 10.2 Å². The molecule has 4 rings (SSSR count). The molecule has 154 valence electrons. The molecule has 1 amide bonds. The molecule has 2 atom stereocenters. The molecule has 1 aliphatic rings. The third-order valence-corrected chi connectivity index (χ3v) is 5.50. The van der Waals surface area contributed by atoms with Crippen molar-refractivity contribution in [2.75, 3.05) is 5.32 Å². The summed E-state index contributed by atoms with van der Waals surface area (Å²) in [6.45, 7) is 3.83. The number of amides is 1. The lowest BCUT2D eigenvalue weighted by Gasteiger charge is -2.14. The van der Waals surface area contributed by atoms with Crippen LogP contribution in [-0.2, 0) is 10.1 Å². The molecule has 0 spiro atoms. The van der Waals surface area contributed by atoms with Crippen LogP contribution in [0.15, 0.2) is 24.5 Å². The molecule has 9 nitrogen and oxygen atoms in total. The third-order valence-electron chi connectivity index (χ3n) is 4.93. The van der Waals surface area contributed by atoms with Crippen molar-refractivity contribution >= 4 is 39.2 Å². The molecular weight excluding hydrogens is 438 g/mol. The van der Waals surface area contributed by atoms with Gasteiger partial charge in [-0.1, -0.05) is 15.9 Å². The zero-order valence-corrected chi connectivity index (χ0v) is 17.9. The van der Waals surface area contributed by atoms with E-state index in [4.69, 9.17) is 4.74 Å². The number of carbonyl (C=O) groups excluding carboxylic acids is 1. The van der Waals surface area contributed by atoms with E-state index in [1.165, 1.54) is 0 Å². The van der Waals surface area contributed by atoms with Crippen molar-refractivity contribution in [2.24, 2.45) is 0 Å². The maximum Gasteiger partial charge on any atom is 0.407 e. The number of fused-ring (bicyclic) bond motifs is 1. The largest absolute Gasteiger partial charge is 0.446 e. The molecule has 0 saturated heterocycles. The van der Waals surface area contributed by atoms with Gasteiger partial charge in [-0.15, -0.1) is 0 Å². The Kier molecular flexibility index (Phi) is 5.70. The molecule has 3 aromatic heterocycles. The van der Waals surface area contributed by atoms with E-state index in [0.717, 1.165) is 36.2 Å². The number of halogens is 1. The van der Waals surface area contributed by atoms with Crippen LogP contribution in [0.2, 0.25) is 0 Å². The summed E-state index contributed by atoms with van der Waals surface area (Å²) in [4.78, 5) is 16.2. The summed E-state index contributed by atoms with van der Waals surface area (Å²) in [5, 5.41) is 18.7. The second kappa shape index (κ2) is 8.40. The minimum atomic E-state index is -0.347. The number of H-pyrrole nitrogens is 1. The van der Waals surface area contributed by atoms with Gasteiger partial charge in [0.05, 0.1) is 5.69 Å². The van der Waals surface area contributed by atoms with Gasteiger partial charge in [0, 0.05) is 41.4 Å². The van der Waals surface area contributed by atoms with E-state index in [0.29, 0.717) is 17.0 Å². The Morgan fingerprint density at radius 2 is 2.28 bits per heavy atom. The number of aromatic amines is 1. The number of alkyl halides is 1. The van der Waals surface area contributed by atoms with Crippen molar-refractivity contribution in [2.45, 2.75) is 56.5 Å². The van der Waals surface area contributed by atoms with E-state index in [2.05, 4.69) is 46.8 Å². The first-order valence-electron chi connectivity index (χ1n) is 9.70. The van der Waals surface area contributed by atoms with Crippen LogP contribution in [0, 0.1) is 0 Å². The molecule has 10 heteroatoms. The highest BCUT2D eigenvalue weighted by molar-refractivity contribution is 9.08. The number of ether oxygens (including phenoxy) is 1. The maximum atomic E-state index is 11.8. The van der Waals surface area contributed by atoms with Gasteiger partial charge in [-0.3, -0.25) is 5.10 Å². The van der Waals surface area contributed by atoms with Crippen LogP contribution in [0.5, 0.6) is 0 Å². The summed E-state index contributed by atoms with van der Waals surface area (Å²) in [6, 6.07) is 4.05. The lowest BCUT2D eigenvalue weighted by molar-refractivity contribution is 0.0981. The van der Waals surface area contributed by atoms with Gasteiger partial charge in [0.25, 0.3) is 0 Å². The van der Waals surface area contributed by atoms with E-state index < -0.39 is 0 Å². The summed E-state index contributed by atoms with van der Waals surface area (Å²) in [7, 11) is 0. The van der Waals surface area contributed by atoms with Crippen molar-refractivity contribution in [3.63, 3.8) is 0 Å². The topological polar surface area (TPSA) is 109 Å². The Balaban J connectivity index is 1.41. The molecule has 0 radical (unpaired) electrons. The van der Waals surface area contributed by atoms with Gasteiger partial charge in [0.2, 0.25) is 0 Å². The predicted molar refractivity (Wildman–Crippen MR) is 113 cm³/mol. The molecule has 0 aromatic carbocycles. The molecule has 3 heterocycles. The summed E-state index contributed by atoms with van der Waals surface area (Å²) in [6.07, 6.45) is 5.70. The highest BCUT2D eigenvalue weighted by Gasteiger charge is 2.30. The SMILES string of the molecule is CC(C)NC(=O)OC1CCC(c2cc(Nc3nccn4nc(CBr)cc34)n[nH]2)C1. The Bertz CT molecular complexity index is 1000. The fourth-order valence-corrected chi connectivity index (χ4v) is 3.89. The fourth-order valence-electron chi connectivity index (χ4n) is 3.62. The van der Waals surface area contributed by atoms with Crippen molar-refractivity contribution < 1.29 is 9.53 Å². The summed E-state index contributed by atoms with van der Waals surface area (Å²) < 4.78 is 7.31. The monoisotopic (exact) mass is 461 g/mol. The molecule has 0 bridgehead atoms. The van der Waals surface area contributed by atoms with Crippen molar-refractivity contribution in [1.82, 2.24) is 30.1 Å². The third kappa shape index (κ3) is 4.52. The second-order valence-corrected chi connectivity index (χ2v) is 8.11. The van der Waals surface area contributed by atoms with E-state index in [9.17, 15) is 4.79 Å². The number of carbonyl (C=O) groups is 1. The Hall–Kier alpha value is -2.62. The van der Waals surface area contributed by atoms with Gasteiger partial charge in [-0.05, 0) is 39.2 Å². The van der Waals surface area contributed by atoms with Gasteiger partial charge >= 0.3 is 6.09 Å². The van der Waals surface area contributed by atoms with Crippen molar-refractivity contribution in [3.8, 4) is 0 Å². The number of anilines is 2. The number of alkyl carbamates (subject to hydrolysis) is 1. The number of hydrogen-bond donors (Lipinski definition) is 3. The fraction of sp³-hybridized carbons (Fsp3) is 0.474. The maximum absolute atomic E-state index is 11.8. The zero-order valence-electron chi connectivity index (χ0n) is 16.4. The second-order valence-electron chi connectivity index (χ2n) is 7.54. The summed E-state index contributed by atoms with van der Waals surface area (Å²) >= 11 is 3.43. The van der Waals surface area contributed by atoms with E-state index >= 15 is 0 Å². The highest BCUT2D eigenvalue weighted by atomic mass is 79.9. The summed E-state index contributed by atoms with van der Waals surface area (Å²) in [5.41, 5.74) is 2.85. The number of rotatable bonds is 6. The van der Waals surface area contributed by atoms with Crippen molar-refractivity contribution in [3.05, 3.63) is 35.9 Å². The Morgan fingerprint density at radius 3 is 3.07 bits per heavy atom. The number of hydrogen-bond acceptors (Lipinski definition) is 6. The molecule has 1 fully saturated rings. The Labute approximate surface area is 176 Å². The van der Waals surface area contributed by atoms with Crippen LogP contribution in [0.3, 0.4) is 0 Å². The Morgan fingerprint density at radius 1 is 1.41 bits per heavy atom. The minimum absolute atomic E-state index is 0.0664. The van der Waals surface area contributed by atoms with Crippen molar-refractivity contribution in [1.29, 1.82) is 0 Å². The first kappa shape index (κ1) is 19.7. The van der Waals surface area contributed by atoms with Gasteiger partial charge < -0.3 is 15.4 Å². The minimum Gasteiger partial charge on any atom is -0.446 e. The number of nitrogens with one attached hydrogen (secondary N) is 3. The molecule has 3 N–H and O–H groups in total. The molecule has 2 unspecified atom stereocenters. The van der Waals surface area contributed by atoms with Crippen LogP contribution < -0.4 is 10.6 Å². The molecule has 1 aliphatic carbocycles. The standard InChI is InChI=1S/C19H24BrN7O2/c1-11(2)22-19(28)29-14-4-3-12(7-14)15-9-17(25-24-15)23-18-16-8-13(10-20)26-27(16)6-5-21-18/h5-6,8-9,11-12,14H,3-4,7,10H2,1-2H3,(H,22,28)(H2,21,23,24,25). The van der Waals surface area contributed by atoms with Crippen LogP contribution in [-0.4, -0.2) is 43.0 Å². The van der Waals surface area contributed by atoms with Crippen LogP contribution in [0.1, 0.15) is 50.4 Å². The van der Waals surface area contributed by atoms with Crippen LogP contribution >= 0.6 is 15.9 Å². The molecule has 3 aromatic rings. The van der Waals surface area contributed by atoms with E-state index in [-0.39, 0.29) is 24.2 Å². The van der Waals surface area contributed by atoms with E-state index in [1.807, 2.05) is 32.2 Å². The van der Waals surface area contributed by atoms with Gasteiger partial charge in [0.15, 0.2) is 11.6 Å². The lowest BCUT2D eigenvalue weighted by atomic mass is 10.0. The number of aromatic nitrogens is 5. The van der Waals surface area contributed by atoms with Crippen LogP contribution in [0.25, 0.3) is 5.52 Å². The average Bonchev–Trinajstić information content (AvgIpc) is 3.40. The smallest absolute Gasteiger partial charge is 0.407 e. The quantitative estimate of drug-likeness (QED) is 0.480. The molecular formula is C19H24BrN7O2. The first-order chi connectivity index (χ1) is 14.0. The number of nitrogens with zero attached hydrogens (tertiary/aromatic N) is 4.